The second kappa shape index (κ2) is 5.89. The fraction of sp³-hybridized carbons (Fsp3) is 0.294. The van der Waals surface area contributed by atoms with Crippen molar-refractivity contribution in [1.29, 1.82) is 0 Å². The monoisotopic (exact) mass is 256 g/mol. The van der Waals surface area contributed by atoms with E-state index in [4.69, 9.17) is 4.74 Å². The summed E-state index contributed by atoms with van der Waals surface area (Å²) in [5.41, 5.74) is 1.38. The SMILES string of the molecule is CCC(C)(O)COc1ccccc1-c1ccccc1. The quantitative estimate of drug-likeness (QED) is 0.879. The summed E-state index contributed by atoms with van der Waals surface area (Å²) in [7, 11) is 0. The van der Waals surface area contributed by atoms with Crippen LogP contribution in [0, 0.1) is 0 Å². The predicted molar refractivity (Wildman–Crippen MR) is 78.3 cm³/mol. The Balaban J connectivity index is 2.23. The van der Waals surface area contributed by atoms with Crippen LogP contribution in [0.3, 0.4) is 0 Å². The first kappa shape index (κ1) is 13.6. The van der Waals surface area contributed by atoms with Gasteiger partial charge in [0.25, 0.3) is 0 Å². The summed E-state index contributed by atoms with van der Waals surface area (Å²) in [4.78, 5) is 0. The molecule has 0 aliphatic carbocycles. The third kappa shape index (κ3) is 3.58. The first-order chi connectivity index (χ1) is 9.12. The van der Waals surface area contributed by atoms with Crippen molar-refractivity contribution >= 4 is 0 Å². The lowest BCUT2D eigenvalue weighted by Crippen LogP contribution is -2.31. The average molecular weight is 256 g/mol. The highest BCUT2D eigenvalue weighted by atomic mass is 16.5. The normalized spacial score (nSPS) is 13.8. The maximum Gasteiger partial charge on any atom is 0.127 e. The Morgan fingerprint density at radius 1 is 1.00 bits per heavy atom. The number of para-hydroxylation sites is 1. The van der Waals surface area contributed by atoms with Crippen LogP contribution >= 0.6 is 0 Å². The molecule has 1 unspecified atom stereocenters. The zero-order chi connectivity index (χ0) is 13.7. The Bertz CT molecular complexity index is 518. The fourth-order valence-corrected chi connectivity index (χ4v) is 1.78. The first-order valence-electron chi connectivity index (χ1n) is 6.62. The minimum Gasteiger partial charge on any atom is -0.490 e. The Morgan fingerprint density at radius 2 is 1.63 bits per heavy atom. The maximum atomic E-state index is 10.0. The molecule has 2 rings (SSSR count). The fourth-order valence-electron chi connectivity index (χ4n) is 1.78. The van der Waals surface area contributed by atoms with Crippen molar-refractivity contribution in [3.63, 3.8) is 0 Å². The molecule has 0 bridgehead atoms. The van der Waals surface area contributed by atoms with Gasteiger partial charge in [0.05, 0.1) is 5.60 Å². The first-order valence-corrected chi connectivity index (χ1v) is 6.62. The second-order valence-corrected chi connectivity index (χ2v) is 5.00. The summed E-state index contributed by atoms with van der Waals surface area (Å²) >= 11 is 0. The summed E-state index contributed by atoms with van der Waals surface area (Å²) in [6.45, 7) is 4.04. The highest BCUT2D eigenvalue weighted by molar-refractivity contribution is 5.70. The van der Waals surface area contributed by atoms with Gasteiger partial charge in [0, 0.05) is 5.56 Å². The molecule has 2 heteroatoms. The Kier molecular flexibility index (Phi) is 4.23. The molecule has 0 saturated heterocycles. The van der Waals surface area contributed by atoms with Gasteiger partial charge >= 0.3 is 0 Å². The van der Waals surface area contributed by atoms with E-state index in [1.807, 2.05) is 49.4 Å². The Morgan fingerprint density at radius 3 is 2.32 bits per heavy atom. The molecule has 2 nitrogen and oxygen atoms in total. The highest BCUT2D eigenvalue weighted by Gasteiger charge is 2.19. The largest absolute Gasteiger partial charge is 0.490 e. The van der Waals surface area contributed by atoms with Gasteiger partial charge in [0.2, 0.25) is 0 Å². The van der Waals surface area contributed by atoms with Gasteiger partial charge in [-0.25, -0.2) is 0 Å². The zero-order valence-corrected chi connectivity index (χ0v) is 11.5. The van der Waals surface area contributed by atoms with Gasteiger partial charge < -0.3 is 9.84 Å². The summed E-state index contributed by atoms with van der Waals surface area (Å²) in [6.07, 6.45) is 0.667. The van der Waals surface area contributed by atoms with Gasteiger partial charge in [-0.15, -0.1) is 0 Å². The Labute approximate surface area is 114 Å². The van der Waals surface area contributed by atoms with Gasteiger partial charge in [-0.1, -0.05) is 55.5 Å². The maximum absolute atomic E-state index is 10.0. The smallest absolute Gasteiger partial charge is 0.127 e. The molecule has 0 aromatic heterocycles. The summed E-state index contributed by atoms with van der Waals surface area (Å²) in [5, 5.41) is 10.0. The van der Waals surface area contributed by atoms with E-state index >= 15 is 0 Å². The number of rotatable bonds is 5. The van der Waals surface area contributed by atoms with Gasteiger partial charge in [0.15, 0.2) is 0 Å². The van der Waals surface area contributed by atoms with Crippen molar-refractivity contribution in [3.05, 3.63) is 54.6 Å². The van der Waals surface area contributed by atoms with Crippen molar-refractivity contribution in [2.75, 3.05) is 6.61 Å². The van der Waals surface area contributed by atoms with Crippen LogP contribution in [0.25, 0.3) is 11.1 Å². The molecule has 19 heavy (non-hydrogen) atoms. The van der Waals surface area contributed by atoms with Gasteiger partial charge in [-0.3, -0.25) is 0 Å². The lowest BCUT2D eigenvalue weighted by Gasteiger charge is -2.22. The van der Waals surface area contributed by atoms with E-state index in [1.165, 1.54) is 0 Å². The molecule has 1 N–H and O–H groups in total. The van der Waals surface area contributed by atoms with Gasteiger partial charge in [-0.2, -0.15) is 0 Å². The van der Waals surface area contributed by atoms with E-state index in [9.17, 15) is 5.11 Å². The van der Waals surface area contributed by atoms with Crippen LogP contribution in [0.1, 0.15) is 20.3 Å². The van der Waals surface area contributed by atoms with Crippen molar-refractivity contribution < 1.29 is 9.84 Å². The zero-order valence-electron chi connectivity index (χ0n) is 11.5. The third-order valence-electron chi connectivity index (χ3n) is 3.27. The number of ether oxygens (including phenoxy) is 1. The summed E-state index contributed by atoms with van der Waals surface area (Å²) in [6, 6.07) is 18.0. The van der Waals surface area contributed by atoms with Crippen LogP contribution in [0.4, 0.5) is 0 Å². The van der Waals surface area contributed by atoms with Crippen molar-refractivity contribution in [2.24, 2.45) is 0 Å². The van der Waals surface area contributed by atoms with E-state index in [1.54, 1.807) is 6.92 Å². The molecule has 0 amide bonds. The van der Waals surface area contributed by atoms with Crippen LogP contribution in [0.2, 0.25) is 0 Å². The molecule has 0 fully saturated rings. The molecule has 0 saturated carbocycles. The molecular weight excluding hydrogens is 236 g/mol. The molecular formula is C17H20O2. The van der Waals surface area contributed by atoms with E-state index in [0.717, 1.165) is 16.9 Å². The van der Waals surface area contributed by atoms with E-state index in [2.05, 4.69) is 12.1 Å². The van der Waals surface area contributed by atoms with Gasteiger partial charge in [0.1, 0.15) is 12.4 Å². The molecule has 0 aliphatic rings. The van der Waals surface area contributed by atoms with Crippen molar-refractivity contribution in [2.45, 2.75) is 25.9 Å². The molecule has 0 spiro atoms. The standard InChI is InChI=1S/C17H20O2/c1-3-17(2,18)13-19-16-12-8-7-11-15(16)14-9-5-4-6-10-14/h4-12,18H,3,13H2,1-2H3. The van der Waals surface area contributed by atoms with Crippen molar-refractivity contribution in [3.8, 4) is 16.9 Å². The van der Waals surface area contributed by atoms with Crippen LogP contribution in [0.5, 0.6) is 5.75 Å². The van der Waals surface area contributed by atoms with Crippen LogP contribution < -0.4 is 4.74 Å². The van der Waals surface area contributed by atoms with E-state index < -0.39 is 5.60 Å². The molecule has 2 aromatic rings. The molecule has 0 radical (unpaired) electrons. The highest BCUT2D eigenvalue weighted by Crippen LogP contribution is 2.30. The second-order valence-electron chi connectivity index (χ2n) is 5.00. The Hall–Kier alpha value is -1.80. The predicted octanol–water partition coefficient (Wildman–Crippen LogP) is 3.89. The summed E-state index contributed by atoms with van der Waals surface area (Å²) < 4.78 is 5.80. The number of benzene rings is 2. The minimum atomic E-state index is -0.788. The van der Waals surface area contributed by atoms with Crippen LogP contribution in [-0.2, 0) is 0 Å². The topological polar surface area (TPSA) is 29.5 Å². The average Bonchev–Trinajstić information content (AvgIpc) is 2.46. The summed E-state index contributed by atoms with van der Waals surface area (Å²) in [5.74, 6) is 0.808. The number of hydrogen-bond acceptors (Lipinski definition) is 2. The van der Waals surface area contributed by atoms with Crippen LogP contribution in [-0.4, -0.2) is 17.3 Å². The third-order valence-corrected chi connectivity index (χ3v) is 3.27. The number of hydrogen-bond donors (Lipinski definition) is 1. The van der Waals surface area contributed by atoms with E-state index in [-0.39, 0.29) is 0 Å². The van der Waals surface area contributed by atoms with E-state index in [0.29, 0.717) is 13.0 Å². The molecule has 100 valence electrons. The molecule has 2 aromatic carbocycles. The lowest BCUT2D eigenvalue weighted by molar-refractivity contribution is 0.00866. The number of aliphatic hydroxyl groups is 1. The van der Waals surface area contributed by atoms with Crippen LogP contribution in [0.15, 0.2) is 54.6 Å². The molecule has 0 heterocycles. The van der Waals surface area contributed by atoms with Gasteiger partial charge in [-0.05, 0) is 25.0 Å². The van der Waals surface area contributed by atoms with Crippen molar-refractivity contribution in [1.82, 2.24) is 0 Å². The molecule has 0 aliphatic heterocycles. The lowest BCUT2D eigenvalue weighted by atomic mass is 10.0. The minimum absolute atomic E-state index is 0.299. The molecule has 1 atom stereocenters.